The highest BCUT2D eigenvalue weighted by molar-refractivity contribution is 6.10. The molecule has 3 aromatic heterocycles. The van der Waals surface area contributed by atoms with Gasteiger partial charge in [0.1, 0.15) is 0 Å². The smallest absolute Gasteiger partial charge is 0.164 e. The lowest BCUT2D eigenvalue weighted by Crippen LogP contribution is -2.00. The highest BCUT2D eigenvalue weighted by atomic mass is 15.0. The van der Waals surface area contributed by atoms with Crippen LogP contribution in [0.2, 0.25) is 0 Å². The summed E-state index contributed by atoms with van der Waals surface area (Å²) in [6.45, 7) is 3.77. The van der Waals surface area contributed by atoms with E-state index in [4.69, 9.17) is 15.0 Å². The van der Waals surface area contributed by atoms with E-state index in [-0.39, 0.29) is 0 Å². The molecule has 0 amide bonds. The maximum Gasteiger partial charge on any atom is 0.164 e. The molecule has 0 atom stereocenters. The Morgan fingerprint density at radius 2 is 0.847 bits per heavy atom. The molecule has 0 N–H and O–H groups in total. The van der Waals surface area contributed by atoms with E-state index < -0.39 is 0 Å². The molecule has 5 nitrogen and oxygen atoms in total. The third-order valence-electron chi connectivity index (χ3n) is 10.7. The lowest BCUT2D eigenvalue weighted by atomic mass is 10.0. The zero-order valence-electron chi connectivity index (χ0n) is 32.2. The fourth-order valence-electron chi connectivity index (χ4n) is 7.72. The molecule has 0 spiro atoms. The molecule has 0 unspecified atom stereocenters. The van der Waals surface area contributed by atoms with Gasteiger partial charge in [0.15, 0.2) is 17.5 Å². The second-order valence-corrected chi connectivity index (χ2v) is 14.4. The SMILES string of the molecule is C=C/C=C\c1cc(-c2ccc(-c3nc(-c4ccc(-c5ccccc5)cc4)nc(-c4ccc(-c5ccc6c(c5)c5ccccc5n6-c5ccccc5)cc4)n3)cc2)ccn1. The number of hydrogen-bond donors (Lipinski definition) is 0. The lowest BCUT2D eigenvalue weighted by Gasteiger charge is -2.11. The first-order valence-electron chi connectivity index (χ1n) is 19.7. The van der Waals surface area contributed by atoms with E-state index in [2.05, 4.69) is 192 Å². The van der Waals surface area contributed by atoms with Gasteiger partial charge in [-0.3, -0.25) is 4.98 Å². The van der Waals surface area contributed by atoms with Crippen LogP contribution in [0.3, 0.4) is 0 Å². The number of pyridine rings is 1. The highest BCUT2D eigenvalue weighted by Gasteiger charge is 2.16. The Balaban J connectivity index is 1.02. The first-order valence-corrected chi connectivity index (χ1v) is 19.7. The molecule has 278 valence electrons. The second kappa shape index (κ2) is 15.5. The summed E-state index contributed by atoms with van der Waals surface area (Å²) in [5, 5.41) is 2.45. The molecule has 0 saturated carbocycles. The number of rotatable bonds is 9. The van der Waals surface area contributed by atoms with Gasteiger partial charge in [-0.1, -0.05) is 164 Å². The van der Waals surface area contributed by atoms with Crippen LogP contribution in [0.4, 0.5) is 0 Å². The fourth-order valence-corrected chi connectivity index (χ4v) is 7.72. The van der Waals surface area contributed by atoms with Gasteiger partial charge in [-0.15, -0.1) is 0 Å². The number of hydrogen-bond acceptors (Lipinski definition) is 4. The van der Waals surface area contributed by atoms with Gasteiger partial charge in [0, 0.05) is 39.3 Å². The summed E-state index contributed by atoms with van der Waals surface area (Å²) >= 11 is 0. The Labute approximate surface area is 343 Å². The quantitative estimate of drug-likeness (QED) is 0.138. The minimum atomic E-state index is 0.609. The summed E-state index contributed by atoms with van der Waals surface area (Å²) in [6, 6.07) is 65.7. The van der Waals surface area contributed by atoms with Gasteiger partial charge in [0.05, 0.1) is 16.7 Å². The maximum atomic E-state index is 5.07. The number of allylic oxidation sites excluding steroid dienone is 2. The Bertz CT molecular complexity index is 3130. The number of benzene rings is 7. The van der Waals surface area contributed by atoms with E-state index in [1.807, 2.05) is 30.5 Å². The largest absolute Gasteiger partial charge is 0.309 e. The fraction of sp³-hybridized carbons (Fsp3) is 0. The summed E-state index contributed by atoms with van der Waals surface area (Å²) < 4.78 is 2.34. The van der Waals surface area contributed by atoms with Crippen molar-refractivity contribution < 1.29 is 0 Å². The molecule has 10 aromatic rings. The molecule has 7 aromatic carbocycles. The van der Waals surface area contributed by atoms with E-state index in [0.29, 0.717) is 17.5 Å². The Morgan fingerprint density at radius 1 is 0.390 bits per heavy atom. The average molecular weight is 756 g/mol. The monoisotopic (exact) mass is 755 g/mol. The van der Waals surface area contributed by atoms with Crippen molar-refractivity contribution in [3.8, 4) is 73.2 Å². The van der Waals surface area contributed by atoms with E-state index >= 15 is 0 Å². The first kappa shape index (κ1) is 35.4. The molecule has 0 fully saturated rings. The Morgan fingerprint density at radius 3 is 1.44 bits per heavy atom. The number of fused-ring (bicyclic) bond motifs is 3. The topological polar surface area (TPSA) is 56.5 Å². The van der Waals surface area contributed by atoms with Gasteiger partial charge < -0.3 is 4.57 Å². The molecule has 0 aliphatic carbocycles. The normalized spacial score (nSPS) is 11.4. The van der Waals surface area contributed by atoms with E-state index in [9.17, 15) is 0 Å². The number of aromatic nitrogens is 5. The molecular formula is C54H37N5. The minimum Gasteiger partial charge on any atom is -0.309 e. The van der Waals surface area contributed by atoms with Crippen LogP contribution >= 0.6 is 0 Å². The van der Waals surface area contributed by atoms with Crippen LogP contribution in [0.15, 0.2) is 213 Å². The summed E-state index contributed by atoms with van der Waals surface area (Å²) in [7, 11) is 0. The third kappa shape index (κ3) is 7.02. The van der Waals surface area contributed by atoms with Gasteiger partial charge in [-0.05, 0) is 81.9 Å². The third-order valence-corrected chi connectivity index (χ3v) is 10.7. The van der Waals surface area contributed by atoms with Gasteiger partial charge in [0.25, 0.3) is 0 Å². The zero-order chi connectivity index (χ0) is 39.5. The highest BCUT2D eigenvalue weighted by Crippen LogP contribution is 2.36. The van der Waals surface area contributed by atoms with Gasteiger partial charge in [0.2, 0.25) is 0 Å². The molecule has 0 aliphatic heterocycles. The predicted octanol–water partition coefficient (Wildman–Crippen LogP) is 13.6. The molecule has 10 rings (SSSR count). The second-order valence-electron chi connectivity index (χ2n) is 14.4. The van der Waals surface area contributed by atoms with Crippen LogP contribution < -0.4 is 0 Å². The van der Waals surface area contributed by atoms with Gasteiger partial charge in [-0.2, -0.15) is 0 Å². The van der Waals surface area contributed by atoms with Crippen molar-refractivity contribution in [2.75, 3.05) is 0 Å². The summed E-state index contributed by atoms with van der Waals surface area (Å²) in [6.07, 6.45) is 7.41. The Hall–Kier alpha value is -8.02. The number of para-hydroxylation sites is 2. The standard InChI is InChI=1S/C54H37N5/c1-2-3-14-46-35-45(33-34-55-46)40-23-29-43(30-24-40)54-57-52(41-25-19-38(20-26-41)37-12-6-4-7-13-37)56-53(58-54)42-27-21-39(22-28-42)44-31-32-51-49(36-44)48-17-10-11-18-50(48)59(51)47-15-8-5-9-16-47/h2-36H,1H2/b14-3-. The molecule has 0 aliphatic rings. The van der Waals surface area contributed by atoms with Crippen LogP contribution in [-0.2, 0) is 0 Å². The molecular weight excluding hydrogens is 719 g/mol. The van der Waals surface area contributed by atoms with Crippen LogP contribution in [-0.4, -0.2) is 24.5 Å². The van der Waals surface area contributed by atoms with Crippen molar-refractivity contribution in [1.29, 1.82) is 0 Å². The van der Waals surface area contributed by atoms with E-state index in [1.165, 1.54) is 21.8 Å². The van der Waals surface area contributed by atoms with Gasteiger partial charge in [-0.25, -0.2) is 15.0 Å². The van der Waals surface area contributed by atoms with Crippen molar-refractivity contribution in [3.63, 3.8) is 0 Å². The minimum absolute atomic E-state index is 0.609. The van der Waals surface area contributed by atoms with E-state index in [1.54, 1.807) is 6.08 Å². The molecule has 0 saturated heterocycles. The van der Waals surface area contributed by atoms with Crippen molar-refractivity contribution >= 4 is 27.9 Å². The molecule has 0 bridgehead atoms. The Kier molecular flexibility index (Phi) is 9.29. The lowest BCUT2D eigenvalue weighted by molar-refractivity contribution is 1.07. The van der Waals surface area contributed by atoms with Crippen molar-refractivity contribution in [1.82, 2.24) is 24.5 Å². The van der Waals surface area contributed by atoms with Crippen molar-refractivity contribution in [3.05, 3.63) is 219 Å². The summed E-state index contributed by atoms with van der Waals surface area (Å²) in [5.74, 6) is 1.84. The zero-order valence-corrected chi connectivity index (χ0v) is 32.2. The number of nitrogens with zero attached hydrogens (tertiary/aromatic N) is 5. The van der Waals surface area contributed by atoms with Crippen molar-refractivity contribution in [2.45, 2.75) is 0 Å². The van der Waals surface area contributed by atoms with Crippen molar-refractivity contribution in [2.24, 2.45) is 0 Å². The van der Waals surface area contributed by atoms with Gasteiger partial charge >= 0.3 is 0 Å². The average Bonchev–Trinajstić information content (AvgIpc) is 3.65. The van der Waals surface area contributed by atoms with Crippen LogP contribution in [0.1, 0.15) is 5.69 Å². The summed E-state index contributed by atoms with van der Waals surface area (Å²) in [4.78, 5) is 19.6. The van der Waals surface area contributed by atoms with Crippen LogP contribution in [0.25, 0.3) is 101 Å². The summed E-state index contributed by atoms with van der Waals surface area (Å²) in [5.41, 5.74) is 13.8. The maximum absolute atomic E-state index is 5.07. The van der Waals surface area contributed by atoms with Crippen LogP contribution in [0, 0.1) is 0 Å². The molecule has 5 heteroatoms. The predicted molar refractivity (Wildman–Crippen MR) is 244 cm³/mol. The van der Waals surface area contributed by atoms with Crippen LogP contribution in [0.5, 0.6) is 0 Å². The van der Waals surface area contributed by atoms with E-state index in [0.717, 1.165) is 61.5 Å². The molecule has 59 heavy (non-hydrogen) atoms. The molecule has 3 heterocycles. The first-order chi connectivity index (χ1) is 29.2. The molecule has 0 radical (unpaired) electrons.